The highest BCUT2D eigenvalue weighted by molar-refractivity contribution is 7.89. The Balaban J connectivity index is 2.41. The van der Waals surface area contributed by atoms with E-state index in [1.165, 1.54) is 18.2 Å². The monoisotopic (exact) mass is 312 g/mol. The van der Waals surface area contributed by atoms with Crippen LogP contribution >= 0.6 is 0 Å². The van der Waals surface area contributed by atoms with Crippen LogP contribution < -0.4 is 10.0 Å². The number of carboxylic acids is 1. The van der Waals surface area contributed by atoms with Gasteiger partial charge in [0, 0.05) is 12.1 Å². The van der Waals surface area contributed by atoms with E-state index in [0.29, 0.717) is 5.69 Å². The van der Waals surface area contributed by atoms with Crippen LogP contribution in [0.3, 0.4) is 0 Å². The highest BCUT2D eigenvalue weighted by atomic mass is 32.2. The Kier molecular flexibility index (Phi) is 4.53. The molecular formula is C14H20N2O4S. The lowest BCUT2D eigenvalue weighted by atomic mass is 10.2. The van der Waals surface area contributed by atoms with Gasteiger partial charge >= 0.3 is 5.97 Å². The SMILES string of the molecule is CCC(C)Nc1ccc(C(=O)O)cc1S(=O)(=O)NC1CC1. The highest BCUT2D eigenvalue weighted by Crippen LogP contribution is 2.27. The molecule has 1 atom stereocenters. The average Bonchev–Trinajstić information content (AvgIpc) is 3.21. The molecule has 0 spiro atoms. The number of nitrogens with one attached hydrogen (secondary N) is 2. The van der Waals surface area contributed by atoms with Crippen LogP contribution in [0.25, 0.3) is 0 Å². The predicted molar refractivity (Wildman–Crippen MR) is 80.1 cm³/mol. The van der Waals surface area contributed by atoms with E-state index in [4.69, 9.17) is 5.11 Å². The lowest BCUT2D eigenvalue weighted by molar-refractivity contribution is 0.0696. The number of benzene rings is 1. The van der Waals surface area contributed by atoms with Gasteiger partial charge in [-0.2, -0.15) is 0 Å². The molecule has 3 N–H and O–H groups in total. The molecule has 116 valence electrons. The molecule has 0 heterocycles. The van der Waals surface area contributed by atoms with Gasteiger partial charge in [0.2, 0.25) is 10.0 Å². The third kappa shape index (κ3) is 3.95. The Bertz CT molecular complexity index is 638. The standard InChI is InChI=1S/C14H20N2O4S/c1-3-9(2)15-12-7-4-10(14(17)18)8-13(12)21(19,20)16-11-5-6-11/h4,7-9,11,15-16H,3,5-6H2,1-2H3,(H,17,18). The first-order valence-corrected chi connectivity index (χ1v) is 8.48. The summed E-state index contributed by atoms with van der Waals surface area (Å²) in [5.41, 5.74) is 0.392. The molecule has 0 aliphatic heterocycles. The summed E-state index contributed by atoms with van der Waals surface area (Å²) in [6, 6.07) is 4.19. The molecule has 1 unspecified atom stereocenters. The quantitative estimate of drug-likeness (QED) is 0.716. The maximum absolute atomic E-state index is 12.4. The fourth-order valence-corrected chi connectivity index (χ4v) is 3.35. The largest absolute Gasteiger partial charge is 0.478 e. The first-order chi connectivity index (χ1) is 9.83. The van der Waals surface area contributed by atoms with Crippen molar-refractivity contribution in [1.29, 1.82) is 0 Å². The van der Waals surface area contributed by atoms with Crippen LogP contribution in [0.15, 0.2) is 23.1 Å². The number of carboxylic acid groups (broad SMARTS) is 1. The molecule has 1 aromatic carbocycles. The Morgan fingerprint density at radius 1 is 1.43 bits per heavy atom. The Labute approximate surface area is 124 Å². The van der Waals surface area contributed by atoms with Gasteiger partial charge in [0.05, 0.1) is 11.3 Å². The van der Waals surface area contributed by atoms with Gasteiger partial charge in [-0.25, -0.2) is 17.9 Å². The third-order valence-corrected chi connectivity index (χ3v) is 4.99. The highest BCUT2D eigenvalue weighted by Gasteiger charge is 2.30. The van der Waals surface area contributed by atoms with E-state index in [0.717, 1.165) is 19.3 Å². The number of hydrogen-bond acceptors (Lipinski definition) is 4. The minimum atomic E-state index is -3.71. The van der Waals surface area contributed by atoms with Crippen molar-refractivity contribution < 1.29 is 18.3 Å². The van der Waals surface area contributed by atoms with Crippen molar-refractivity contribution in [2.75, 3.05) is 5.32 Å². The van der Waals surface area contributed by atoms with Gasteiger partial charge in [0.1, 0.15) is 4.90 Å². The molecule has 1 aliphatic carbocycles. The fourth-order valence-electron chi connectivity index (χ4n) is 1.85. The van der Waals surface area contributed by atoms with Crippen molar-refractivity contribution in [1.82, 2.24) is 4.72 Å². The third-order valence-electron chi connectivity index (χ3n) is 3.43. The van der Waals surface area contributed by atoms with Crippen LogP contribution in [0.1, 0.15) is 43.5 Å². The summed E-state index contributed by atoms with van der Waals surface area (Å²) in [5, 5.41) is 12.2. The summed E-state index contributed by atoms with van der Waals surface area (Å²) in [5.74, 6) is -1.15. The first kappa shape index (κ1) is 15.8. The first-order valence-electron chi connectivity index (χ1n) is 6.99. The van der Waals surface area contributed by atoms with Gasteiger partial charge in [-0.1, -0.05) is 6.92 Å². The molecule has 21 heavy (non-hydrogen) atoms. The van der Waals surface area contributed by atoms with Crippen molar-refractivity contribution in [2.45, 2.75) is 50.1 Å². The van der Waals surface area contributed by atoms with E-state index in [1.807, 2.05) is 13.8 Å². The molecule has 2 rings (SSSR count). The maximum atomic E-state index is 12.4. The Hall–Kier alpha value is -1.60. The number of rotatable bonds is 7. The summed E-state index contributed by atoms with van der Waals surface area (Å²) >= 11 is 0. The molecule has 1 aromatic rings. The fraction of sp³-hybridized carbons (Fsp3) is 0.500. The van der Waals surface area contributed by atoms with Gasteiger partial charge in [0.25, 0.3) is 0 Å². The minimum Gasteiger partial charge on any atom is -0.478 e. The van der Waals surface area contributed by atoms with E-state index in [9.17, 15) is 13.2 Å². The van der Waals surface area contributed by atoms with Crippen LogP contribution in [0.4, 0.5) is 5.69 Å². The molecule has 0 radical (unpaired) electrons. The second-order valence-electron chi connectivity index (χ2n) is 5.37. The zero-order valence-electron chi connectivity index (χ0n) is 12.1. The topological polar surface area (TPSA) is 95.5 Å². The smallest absolute Gasteiger partial charge is 0.335 e. The normalized spacial score (nSPS) is 16.5. The summed E-state index contributed by atoms with van der Waals surface area (Å²) in [6.07, 6.45) is 2.48. The number of anilines is 1. The second-order valence-corrected chi connectivity index (χ2v) is 7.05. The molecule has 7 heteroatoms. The molecule has 1 fully saturated rings. The van der Waals surface area contributed by atoms with Crippen molar-refractivity contribution in [3.63, 3.8) is 0 Å². The van der Waals surface area contributed by atoms with E-state index in [-0.39, 0.29) is 22.5 Å². The summed E-state index contributed by atoms with van der Waals surface area (Å²) in [7, 11) is -3.71. The van der Waals surface area contributed by atoms with E-state index < -0.39 is 16.0 Å². The lowest BCUT2D eigenvalue weighted by Gasteiger charge is -2.17. The molecule has 0 aromatic heterocycles. The molecule has 6 nitrogen and oxygen atoms in total. The second kappa shape index (κ2) is 6.03. The van der Waals surface area contributed by atoms with Crippen LogP contribution in [0.5, 0.6) is 0 Å². The van der Waals surface area contributed by atoms with E-state index in [2.05, 4.69) is 10.0 Å². The van der Waals surface area contributed by atoms with Gasteiger partial charge in [-0.15, -0.1) is 0 Å². The molecule has 0 saturated heterocycles. The molecule has 1 saturated carbocycles. The van der Waals surface area contributed by atoms with Gasteiger partial charge in [0.15, 0.2) is 0 Å². The van der Waals surface area contributed by atoms with Gasteiger partial charge in [-0.05, 0) is 44.4 Å². The summed E-state index contributed by atoms with van der Waals surface area (Å²) in [6.45, 7) is 3.93. The molecule has 0 bridgehead atoms. The Morgan fingerprint density at radius 2 is 2.10 bits per heavy atom. The zero-order valence-corrected chi connectivity index (χ0v) is 12.9. The van der Waals surface area contributed by atoms with Gasteiger partial charge < -0.3 is 10.4 Å². The summed E-state index contributed by atoms with van der Waals surface area (Å²) in [4.78, 5) is 11.1. The van der Waals surface area contributed by atoms with Crippen molar-refractivity contribution in [3.05, 3.63) is 23.8 Å². The minimum absolute atomic E-state index is 0.00500. The number of sulfonamides is 1. The summed E-state index contributed by atoms with van der Waals surface area (Å²) < 4.78 is 27.4. The van der Waals surface area contributed by atoms with Crippen molar-refractivity contribution >= 4 is 21.7 Å². The number of carbonyl (C=O) groups is 1. The lowest BCUT2D eigenvalue weighted by Crippen LogP contribution is -2.27. The van der Waals surface area contributed by atoms with E-state index >= 15 is 0 Å². The van der Waals surface area contributed by atoms with Crippen LogP contribution in [0.2, 0.25) is 0 Å². The van der Waals surface area contributed by atoms with E-state index in [1.54, 1.807) is 0 Å². The van der Waals surface area contributed by atoms with Crippen LogP contribution in [-0.2, 0) is 10.0 Å². The van der Waals surface area contributed by atoms with Crippen LogP contribution in [0, 0.1) is 0 Å². The molecule has 0 amide bonds. The van der Waals surface area contributed by atoms with Crippen LogP contribution in [-0.4, -0.2) is 31.6 Å². The van der Waals surface area contributed by atoms with Crippen molar-refractivity contribution in [2.24, 2.45) is 0 Å². The predicted octanol–water partition coefficient (Wildman–Crippen LogP) is 2.04. The number of aromatic carboxylic acids is 1. The average molecular weight is 312 g/mol. The van der Waals surface area contributed by atoms with Crippen molar-refractivity contribution in [3.8, 4) is 0 Å². The Morgan fingerprint density at radius 3 is 2.62 bits per heavy atom. The number of hydrogen-bond donors (Lipinski definition) is 3. The zero-order chi connectivity index (χ0) is 15.6. The molecular weight excluding hydrogens is 292 g/mol. The van der Waals surface area contributed by atoms with Gasteiger partial charge in [-0.3, -0.25) is 0 Å². The molecule has 1 aliphatic rings. The maximum Gasteiger partial charge on any atom is 0.335 e.